The van der Waals surface area contributed by atoms with Gasteiger partial charge in [-0.3, -0.25) is 4.79 Å². The van der Waals surface area contributed by atoms with Gasteiger partial charge in [0, 0.05) is 11.7 Å². The van der Waals surface area contributed by atoms with Crippen LogP contribution in [0.5, 0.6) is 0 Å². The van der Waals surface area contributed by atoms with E-state index in [0.717, 1.165) is 12.8 Å². The number of hydrogen-bond acceptors (Lipinski definition) is 4. The summed E-state index contributed by atoms with van der Waals surface area (Å²) in [5.41, 5.74) is 0.522. The minimum atomic E-state index is -0.876. The van der Waals surface area contributed by atoms with Gasteiger partial charge < -0.3 is 15.3 Å². The molecule has 3 aliphatic rings. The van der Waals surface area contributed by atoms with Gasteiger partial charge in [0.1, 0.15) is 5.69 Å². The Labute approximate surface area is 161 Å². The Bertz CT molecular complexity index is 887. The summed E-state index contributed by atoms with van der Waals surface area (Å²) >= 11 is 6.21. The highest BCUT2D eigenvalue weighted by molar-refractivity contribution is 6.32. The molecule has 2 saturated heterocycles. The van der Waals surface area contributed by atoms with Crippen molar-refractivity contribution < 1.29 is 14.7 Å². The number of carboxylic acids is 1. The molecule has 3 heterocycles. The highest BCUT2D eigenvalue weighted by Crippen LogP contribution is 2.51. The average molecular weight is 390 g/mol. The third-order valence-electron chi connectivity index (χ3n) is 5.43. The van der Waals surface area contributed by atoms with E-state index in [4.69, 9.17) is 11.6 Å². The van der Waals surface area contributed by atoms with Crippen LogP contribution in [0.15, 0.2) is 30.6 Å². The maximum absolute atomic E-state index is 12.9. The Kier molecular flexibility index (Phi) is 4.30. The lowest BCUT2D eigenvalue weighted by molar-refractivity contribution is -0.150. The Morgan fingerprint density at radius 3 is 2.78 bits per heavy atom. The number of amides is 2. The molecule has 1 saturated carbocycles. The first-order chi connectivity index (χ1) is 12.9. The number of urea groups is 1. The van der Waals surface area contributed by atoms with Crippen molar-refractivity contribution in [3.8, 4) is 5.69 Å². The number of piperidine rings is 1. The second-order valence-electron chi connectivity index (χ2n) is 7.48. The van der Waals surface area contributed by atoms with Crippen LogP contribution >= 0.6 is 11.6 Å². The quantitative estimate of drug-likeness (QED) is 0.836. The number of benzene rings is 1. The molecule has 1 aromatic heterocycles. The van der Waals surface area contributed by atoms with Crippen LogP contribution in [0.25, 0.3) is 5.69 Å². The number of hydrogen-bond donors (Lipinski definition) is 2. The number of anilines is 1. The van der Waals surface area contributed by atoms with Crippen LogP contribution in [0.3, 0.4) is 0 Å². The fraction of sp³-hybridized carbons (Fsp3) is 0.444. The molecule has 5 rings (SSSR count). The normalized spacial score (nSPS) is 26.4. The standard InChI is InChI=1S/C18H20ClN5O3/c1-11-6-13-9-18(8-11,10-16(25)26)23(13)17(27)22-12-2-3-14(19)15(7-12)24-20-4-5-21-24/h2-5,7,11,13H,6,8-10H2,1H3,(H,22,27)(H,25,26). The topological polar surface area (TPSA) is 100 Å². The molecule has 2 aromatic rings. The fourth-order valence-electron chi connectivity index (χ4n) is 4.63. The Morgan fingerprint density at radius 2 is 2.07 bits per heavy atom. The summed E-state index contributed by atoms with van der Waals surface area (Å²) in [6.45, 7) is 2.11. The van der Waals surface area contributed by atoms with E-state index >= 15 is 0 Å². The molecule has 3 fully saturated rings. The van der Waals surface area contributed by atoms with Gasteiger partial charge in [0.15, 0.2) is 0 Å². The third-order valence-corrected chi connectivity index (χ3v) is 5.74. The van der Waals surface area contributed by atoms with E-state index < -0.39 is 11.5 Å². The van der Waals surface area contributed by atoms with Gasteiger partial charge in [0.2, 0.25) is 0 Å². The maximum Gasteiger partial charge on any atom is 0.322 e. The molecule has 3 unspecified atom stereocenters. The molecule has 2 amide bonds. The molecule has 9 heteroatoms. The number of rotatable bonds is 4. The first kappa shape index (κ1) is 17.8. The number of carboxylic acid groups (broad SMARTS) is 1. The summed E-state index contributed by atoms with van der Waals surface area (Å²) < 4.78 is 0. The van der Waals surface area contributed by atoms with Crippen molar-refractivity contribution in [2.75, 3.05) is 5.32 Å². The molecule has 0 spiro atoms. The van der Waals surface area contributed by atoms with Gasteiger partial charge in [-0.1, -0.05) is 18.5 Å². The van der Waals surface area contributed by atoms with Gasteiger partial charge >= 0.3 is 12.0 Å². The highest BCUT2D eigenvalue weighted by Gasteiger charge is 2.58. The number of nitrogens with zero attached hydrogens (tertiary/aromatic N) is 4. The van der Waals surface area contributed by atoms with Crippen LogP contribution in [0.1, 0.15) is 32.6 Å². The zero-order chi connectivity index (χ0) is 19.2. The molecule has 1 aliphatic carbocycles. The van der Waals surface area contributed by atoms with Crippen LogP contribution in [0.4, 0.5) is 10.5 Å². The van der Waals surface area contributed by atoms with Gasteiger partial charge in [-0.2, -0.15) is 15.0 Å². The van der Waals surface area contributed by atoms with Gasteiger partial charge in [0.25, 0.3) is 0 Å². The average Bonchev–Trinajstić information content (AvgIpc) is 3.09. The van der Waals surface area contributed by atoms with Crippen molar-refractivity contribution in [3.63, 3.8) is 0 Å². The lowest BCUT2D eigenvalue weighted by Crippen LogP contribution is -2.72. The minimum absolute atomic E-state index is 0.0235. The van der Waals surface area contributed by atoms with E-state index in [1.807, 2.05) is 0 Å². The van der Waals surface area contributed by atoms with Crippen LogP contribution in [-0.4, -0.2) is 48.6 Å². The Hall–Kier alpha value is -2.61. The first-order valence-corrected chi connectivity index (χ1v) is 9.24. The van der Waals surface area contributed by atoms with Crippen molar-refractivity contribution in [1.29, 1.82) is 0 Å². The van der Waals surface area contributed by atoms with Gasteiger partial charge in [0.05, 0.1) is 29.4 Å². The lowest BCUT2D eigenvalue weighted by atomic mass is 9.63. The summed E-state index contributed by atoms with van der Waals surface area (Å²) in [4.78, 5) is 27.4. The molecule has 2 bridgehead atoms. The largest absolute Gasteiger partial charge is 0.481 e. The van der Waals surface area contributed by atoms with Gasteiger partial charge in [-0.15, -0.1) is 0 Å². The number of halogens is 1. The molecule has 2 aliphatic heterocycles. The second-order valence-corrected chi connectivity index (χ2v) is 7.89. The smallest absolute Gasteiger partial charge is 0.322 e. The number of aromatic nitrogens is 3. The predicted molar refractivity (Wildman–Crippen MR) is 99.0 cm³/mol. The molecular formula is C18H20ClN5O3. The summed E-state index contributed by atoms with van der Waals surface area (Å²) in [5, 5.41) is 20.8. The third kappa shape index (κ3) is 3.14. The van der Waals surface area contributed by atoms with Gasteiger partial charge in [-0.25, -0.2) is 4.79 Å². The van der Waals surface area contributed by atoms with Gasteiger partial charge in [-0.05, 0) is 43.4 Å². The molecule has 1 aromatic carbocycles. The van der Waals surface area contributed by atoms with E-state index in [0.29, 0.717) is 28.7 Å². The number of nitrogens with one attached hydrogen (secondary N) is 1. The van der Waals surface area contributed by atoms with E-state index in [1.54, 1.807) is 35.5 Å². The minimum Gasteiger partial charge on any atom is -0.481 e. The lowest BCUT2D eigenvalue weighted by Gasteiger charge is -2.63. The van der Waals surface area contributed by atoms with Crippen LogP contribution in [0.2, 0.25) is 5.02 Å². The summed E-state index contributed by atoms with van der Waals surface area (Å²) in [7, 11) is 0. The summed E-state index contributed by atoms with van der Waals surface area (Å²) in [5.74, 6) is -0.459. The molecule has 3 atom stereocenters. The molecule has 2 N–H and O–H groups in total. The second kappa shape index (κ2) is 6.53. The number of aliphatic carboxylic acids is 1. The SMILES string of the molecule is CC1CC2CC(CC(=O)O)(C1)N2C(=O)Nc1ccc(Cl)c(-n2nccn2)c1. The molecule has 27 heavy (non-hydrogen) atoms. The highest BCUT2D eigenvalue weighted by atomic mass is 35.5. The fourth-order valence-corrected chi connectivity index (χ4v) is 4.82. The molecular weight excluding hydrogens is 370 g/mol. The predicted octanol–water partition coefficient (Wildman–Crippen LogP) is 3.17. The van der Waals surface area contributed by atoms with Crippen molar-refractivity contribution in [2.24, 2.45) is 5.92 Å². The van der Waals surface area contributed by atoms with Crippen molar-refractivity contribution in [1.82, 2.24) is 19.9 Å². The van der Waals surface area contributed by atoms with Crippen LogP contribution in [-0.2, 0) is 4.79 Å². The zero-order valence-corrected chi connectivity index (χ0v) is 15.6. The van der Waals surface area contributed by atoms with E-state index in [-0.39, 0.29) is 18.5 Å². The van der Waals surface area contributed by atoms with E-state index in [1.165, 1.54) is 4.80 Å². The first-order valence-electron chi connectivity index (χ1n) is 8.86. The van der Waals surface area contributed by atoms with Crippen molar-refractivity contribution >= 4 is 29.3 Å². The summed E-state index contributed by atoms with van der Waals surface area (Å²) in [6, 6.07) is 4.88. The van der Waals surface area contributed by atoms with E-state index in [2.05, 4.69) is 22.4 Å². The number of fused-ring (bicyclic) bond motifs is 2. The van der Waals surface area contributed by atoms with Crippen molar-refractivity contribution in [2.45, 2.75) is 44.2 Å². The van der Waals surface area contributed by atoms with Crippen molar-refractivity contribution in [3.05, 3.63) is 35.6 Å². The monoisotopic (exact) mass is 389 g/mol. The van der Waals surface area contributed by atoms with E-state index in [9.17, 15) is 14.7 Å². The Morgan fingerprint density at radius 1 is 1.33 bits per heavy atom. The van der Waals surface area contributed by atoms with Crippen LogP contribution < -0.4 is 5.32 Å². The molecule has 8 nitrogen and oxygen atoms in total. The number of carbonyl (C=O) groups excluding carboxylic acids is 1. The Balaban J connectivity index is 1.56. The van der Waals surface area contributed by atoms with Crippen LogP contribution in [0, 0.1) is 5.92 Å². The number of carbonyl (C=O) groups is 2. The maximum atomic E-state index is 12.9. The zero-order valence-electron chi connectivity index (χ0n) is 14.8. The molecule has 0 radical (unpaired) electrons. The molecule has 142 valence electrons. The summed E-state index contributed by atoms with van der Waals surface area (Å²) in [6.07, 6.45) is 5.42.